The van der Waals surface area contributed by atoms with Gasteiger partial charge in [-0.15, -0.1) is 0 Å². The molecule has 0 bridgehead atoms. The number of allylic oxidation sites excluding steroid dienone is 1. The maximum Gasteiger partial charge on any atom is 0.231 e. The summed E-state index contributed by atoms with van der Waals surface area (Å²) < 4.78 is 0. The van der Waals surface area contributed by atoms with E-state index >= 15 is 0 Å². The van der Waals surface area contributed by atoms with E-state index in [-0.39, 0.29) is 29.6 Å². The monoisotopic (exact) mass is 362 g/mol. The second-order valence-electron chi connectivity index (χ2n) is 7.26. The van der Waals surface area contributed by atoms with Gasteiger partial charge in [0.15, 0.2) is 5.78 Å². The highest BCUT2D eigenvalue weighted by Gasteiger charge is 2.47. The number of rotatable bonds is 4. The lowest BCUT2D eigenvalue weighted by molar-refractivity contribution is -0.137. The Hall–Kier alpha value is -2.89. The zero-order valence-corrected chi connectivity index (χ0v) is 15.0. The summed E-state index contributed by atoms with van der Waals surface area (Å²) in [6, 6.07) is 4.00. The molecule has 6 nitrogen and oxygen atoms in total. The smallest absolute Gasteiger partial charge is 0.231 e. The highest BCUT2D eigenvalue weighted by Crippen LogP contribution is 2.44. The summed E-state index contributed by atoms with van der Waals surface area (Å²) in [5, 5.41) is 3.11. The van der Waals surface area contributed by atoms with Crippen molar-refractivity contribution < 1.29 is 9.59 Å². The Balaban J connectivity index is 1.66. The van der Waals surface area contributed by atoms with E-state index in [1.165, 1.54) is 12.4 Å². The van der Waals surface area contributed by atoms with Gasteiger partial charge in [0.1, 0.15) is 12.2 Å². The first-order valence-corrected chi connectivity index (χ1v) is 9.41. The number of hydrogen-bond acceptors (Lipinski definition) is 5. The minimum Gasteiger partial charge on any atom is -0.352 e. The molecular weight excluding hydrogens is 340 g/mol. The van der Waals surface area contributed by atoms with Crippen LogP contribution in [-0.2, 0) is 9.59 Å². The van der Waals surface area contributed by atoms with Crippen molar-refractivity contribution in [1.29, 1.82) is 0 Å². The molecule has 2 aliphatic rings. The van der Waals surface area contributed by atoms with E-state index in [0.717, 1.165) is 36.8 Å². The van der Waals surface area contributed by atoms with Crippen molar-refractivity contribution in [2.75, 3.05) is 0 Å². The maximum atomic E-state index is 13.0. The second kappa shape index (κ2) is 7.78. The van der Waals surface area contributed by atoms with Gasteiger partial charge in [-0.2, -0.15) is 0 Å². The molecule has 138 valence electrons. The lowest BCUT2D eigenvalue weighted by atomic mass is 9.65. The van der Waals surface area contributed by atoms with Crippen molar-refractivity contribution in [2.24, 2.45) is 11.8 Å². The minimum absolute atomic E-state index is 0.137. The molecule has 1 saturated carbocycles. The summed E-state index contributed by atoms with van der Waals surface area (Å²) in [6.07, 6.45) is 15.6. The lowest BCUT2D eigenvalue weighted by Crippen LogP contribution is -2.56. The fourth-order valence-electron chi connectivity index (χ4n) is 4.45. The Labute approximate surface area is 158 Å². The lowest BCUT2D eigenvalue weighted by Gasteiger charge is -2.44. The van der Waals surface area contributed by atoms with Crippen molar-refractivity contribution >= 4 is 17.8 Å². The molecule has 1 aliphatic carbocycles. The van der Waals surface area contributed by atoms with Crippen molar-refractivity contribution in [3.63, 3.8) is 0 Å². The highest BCUT2D eigenvalue weighted by atomic mass is 16.2. The van der Waals surface area contributed by atoms with Crippen LogP contribution in [0.4, 0.5) is 0 Å². The van der Waals surface area contributed by atoms with Crippen molar-refractivity contribution in [3.05, 3.63) is 60.5 Å². The predicted octanol–water partition coefficient (Wildman–Crippen LogP) is 2.54. The Kier molecular flexibility index (Phi) is 5.05. The first-order chi connectivity index (χ1) is 13.2. The van der Waals surface area contributed by atoms with Crippen LogP contribution in [0.5, 0.6) is 0 Å². The molecule has 3 heterocycles. The topological polar surface area (TPSA) is 84.8 Å². The number of aromatic nitrogens is 3. The summed E-state index contributed by atoms with van der Waals surface area (Å²) in [5.74, 6) is -0.959. The SMILES string of the molecule is O=C(/C=C/c1cncnc1)C1C(=O)NC2CCCCC2C1c1cccnc1. The Morgan fingerprint density at radius 3 is 2.70 bits per heavy atom. The number of amides is 1. The van der Waals surface area contributed by atoms with Crippen molar-refractivity contribution in [2.45, 2.75) is 37.6 Å². The van der Waals surface area contributed by atoms with Gasteiger partial charge in [-0.25, -0.2) is 9.97 Å². The first kappa shape index (κ1) is 17.5. The van der Waals surface area contributed by atoms with Crippen molar-refractivity contribution in [1.82, 2.24) is 20.3 Å². The first-order valence-electron chi connectivity index (χ1n) is 9.41. The minimum atomic E-state index is -0.727. The summed E-state index contributed by atoms with van der Waals surface area (Å²) in [6.45, 7) is 0. The molecule has 4 rings (SSSR count). The molecule has 1 saturated heterocycles. The quantitative estimate of drug-likeness (QED) is 0.667. The molecule has 1 aliphatic heterocycles. The average Bonchev–Trinajstić information content (AvgIpc) is 2.72. The van der Waals surface area contributed by atoms with Crippen molar-refractivity contribution in [3.8, 4) is 0 Å². The molecule has 6 heteroatoms. The zero-order valence-electron chi connectivity index (χ0n) is 15.0. The summed E-state index contributed by atoms with van der Waals surface area (Å²) in [4.78, 5) is 38.0. The van der Waals surface area contributed by atoms with Crippen LogP contribution in [0, 0.1) is 11.8 Å². The van der Waals surface area contributed by atoms with Gasteiger partial charge in [-0.1, -0.05) is 18.9 Å². The molecule has 2 aromatic heterocycles. The molecule has 1 N–H and O–H groups in total. The molecule has 2 aromatic rings. The third-order valence-corrected chi connectivity index (χ3v) is 5.65. The van der Waals surface area contributed by atoms with Crippen LogP contribution < -0.4 is 5.32 Å². The highest BCUT2D eigenvalue weighted by molar-refractivity contribution is 6.09. The van der Waals surface area contributed by atoms with Gasteiger partial charge in [0, 0.05) is 42.3 Å². The fourth-order valence-corrected chi connectivity index (χ4v) is 4.45. The van der Waals surface area contributed by atoms with E-state index in [9.17, 15) is 9.59 Å². The zero-order chi connectivity index (χ0) is 18.6. The van der Waals surface area contributed by atoms with Crippen LogP contribution in [0.3, 0.4) is 0 Å². The van der Waals surface area contributed by atoms with Gasteiger partial charge in [-0.3, -0.25) is 14.6 Å². The molecule has 4 unspecified atom stereocenters. The van der Waals surface area contributed by atoms with E-state index in [2.05, 4.69) is 20.3 Å². The van der Waals surface area contributed by atoms with E-state index in [0.29, 0.717) is 0 Å². The van der Waals surface area contributed by atoms with Gasteiger partial charge in [0.05, 0.1) is 0 Å². The molecule has 4 atom stereocenters. The van der Waals surface area contributed by atoms with Gasteiger partial charge >= 0.3 is 0 Å². The number of carbonyl (C=O) groups is 2. The van der Waals surface area contributed by atoms with Crippen LogP contribution in [0.25, 0.3) is 6.08 Å². The number of fused-ring (bicyclic) bond motifs is 1. The van der Waals surface area contributed by atoms with Gasteiger partial charge in [0.2, 0.25) is 5.91 Å². The van der Waals surface area contributed by atoms with Gasteiger partial charge in [0.25, 0.3) is 0 Å². The Morgan fingerprint density at radius 2 is 1.93 bits per heavy atom. The molecular formula is C21H22N4O2. The van der Waals surface area contributed by atoms with Gasteiger partial charge in [-0.05, 0) is 42.5 Å². The fraction of sp³-hybridized carbons (Fsp3) is 0.381. The van der Waals surface area contributed by atoms with E-state index in [1.54, 1.807) is 30.9 Å². The summed E-state index contributed by atoms with van der Waals surface area (Å²) in [5.41, 5.74) is 1.70. The number of pyridine rings is 1. The summed E-state index contributed by atoms with van der Waals surface area (Å²) >= 11 is 0. The standard InChI is InChI=1S/C21H22N4O2/c26-18(8-7-14-10-23-13-24-11-14)20-19(15-4-3-9-22-12-15)16-5-1-2-6-17(16)25-21(20)27/h3-4,7-13,16-17,19-20H,1-2,5-6H2,(H,25,27)/b8-7+. The predicted molar refractivity (Wildman–Crippen MR) is 100 cm³/mol. The molecule has 2 fully saturated rings. The number of ketones is 1. The largest absolute Gasteiger partial charge is 0.352 e. The van der Waals surface area contributed by atoms with Crippen LogP contribution in [0.15, 0.2) is 49.3 Å². The summed E-state index contributed by atoms with van der Waals surface area (Å²) in [7, 11) is 0. The molecule has 0 radical (unpaired) electrons. The number of nitrogens with zero attached hydrogens (tertiary/aromatic N) is 3. The Morgan fingerprint density at radius 1 is 1.11 bits per heavy atom. The average molecular weight is 362 g/mol. The number of nitrogens with one attached hydrogen (secondary N) is 1. The van der Waals surface area contributed by atoms with Gasteiger partial charge < -0.3 is 5.32 Å². The van der Waals surface area contributed by atoms with Crippen LogP contribution in [0.1, 0.15) is 42.7 Å². The number of hydrogen-bond donors (Lipinski definition) is 1. The molecule has 0 aromatic carbocycles. The van der Waals surface area contributed by atoms with Crippen LogP contribution >= 0.6 is 0 Å². The Bertz CT molecular complexity index is 838. The van der Waals surface area contributed by atoms with Crippen LogP contribution in [-0.4, -0.2) is 32.7 Å². The maximum absolute atomic E-state index is 13.0. The number of carbonyl (C=O) groups excluding carboxylic acids is 2. The second-order valence-corrected chi connectivity index (χ2v) is 7.26. The third-order valence-electron chi connectivity index (χ3n) is 5.65. The van der Waals surface area contributed by atoms with E-state index in [1.807, 2.05) is 12.1 Å². The molecule has 0 spiro atoms. The third kappa shape index (κ3) is 3.65. The number of piperidine rings is 1. The normalized spacial score (nSPS) is 27.8. The van der Waals surface area contributed by atoms with Crippen LogP contribution in [0.2, 0.25) is 0 Å². The molecule has 1 amide bonds. The molecule has 27 heavy (non-hydrogen) atoms. The van der Waals surface area contributed by atoms with E-state index < -0.39 is 5.92 Å². The van der Waals surface area contributed by atoms with E-state index in [4.69, 9.17) is 0 Å².